The molecular formula is C16H23ClN2O. The van der Waals surface area contributed by atoms with Gasteiger partial charge in [-0.25, -0.2) is 4.98 Å². The minimum absolute atomic E-state index is 0.178. The summed E-state index contributed by atoms with van der Waals surface area (Å²) in [5, 5.41) is 0. The van der Waals surface area contributed by atoms with Gasteiger partial charge in [0.2, 0.25) is 0 Å². The Bertz CT molecular complexity index is 602. The number of ether oxygens (including phenoxy) is 1. The standard InChI is InChI=1S/C16H23ClN2O/c1-11(2)16(3,4)10-19-12-7-6-8-13(20-5)15(12)18-14(19)9-17/h6-8,11H,9-10H2,1-5H3. The molecule has 0 amide bonds. The number of aromatic nitrogens is 2. The van der Waals surface area contributed by atoms with Gasteiger partial charge in [0.05, 0.1) is 18.5 Å². The molecule has 0 bridgehead atoms. The van der Waals surface area contributed by atoms with E-state index in [1.807, 2.05) is 12.1 Å². The molecule has 1 heterocycles. The van der Waals surface area contributed by atoms with Gasteiger partial charge >= 0.3 is 0 Å². The van der Waals surface area contributed by atoms with Crippen LogP contribution in [-0.2, 0) is 12.4 Å². The summed E-state index contributed by atoms with van der Waals surface area (Å²) in [6.45, 7) is 9.96. The summed E-state index contributed by atoms with van der Waals surface area (Å²) >= 11 is 6.08. The van der Waals surface area contributed by atoms with E-state index in [1.165, 1.54) is 0 Å². The van der Waals surface area contributed by atoms with E-state index < -0.39 is 0 Å². The number of rotatable bonds is 5. The zero-order valence-electron chi connectivity index (χ0n) is 12.9. The SMILES string of the molecule is COc1cccc2c1nc(CCl)n2CC(C)(C)C(C)C. The predicted molar refractivity (Wildman–Crippen MR) is 84.5 cm³/mol. The van der Waals surface area contributed by atoms with Crippen LogP contribution in [0.3, 0.4) is 0 Å². The van der Waals surface area contributed by atoms with E-state index in [1.54, 1.807) is 7.11 Å². The van der Waals surface area contributed by atoms with E-state index in [0.717, 1.165) is 29.2 Å². The summed E-state index contributed by atoms with van der Waals surface area (Å²) in [6.07, 6.45) is 0. The fraction of sp³-hybridized carbons (Fsp3) is 0.562. The van der Waals surface area contributed by atoms with Crippen molar-refractivity contribution in [3.8, 4) is 5.75 Å². The predicted octanol–water partition coefficient (Wildman–Crippen LogP) is 4.47. The van der Waals surface area contributed by atoms with Crippen LogP contribution in [0.4, 0.5) is 0 Å². The maximum Gasteiger partial charge on any atom is 0.146 e. The molecule has 1 aromatic heterocycles. The summed E-state index contributed by atoms with van der Waals surface area (Å²) in [5.74, 6) is 2.69. The molecule has 2 aromatic rings. The minimum atomic E-state index is 0.178. The molecule has 0 aliphatic carbocycles. The summed E-state index contributed by atoms with van der Waals surface area (Å²) in [6, 6.07) is 6.02. The summed E-state index contributed by atoms with van der Waals surface area (Å²) in [5.41, 5.74) is 2.16. The molecule has 20 heavy (non-hydrogen) atoms. The molecule has 3 nitrogen and oxygen atoms in total. The van der Waals surface area contributed by atoms with Gasteiger partial charge in [-0.15, -0.1) is 11.6 Å². The molecule has 0 fully saturated rings. The summed E-state index contributed by atoms with van der Waals surface area (Å²) in [7, 11) is 1.67. The van der Waals surface area contributed by atoms with Gasteiger partial charge in [0.25, 0.3) is 0 Å². The van der Waals surface area contributed by atoms with Crippen molar-refractivity contribution >= 4 is 22.6 Å². The first-order chi connectivity index (χ1) is 9.40. The van der Waals surface area contributed by atoms with E-state index >= 15 is 0 Å². The van der Waals surface area contributed by atoms with E-state index in [2.05, 4.69) is 43.3 Å². The Kier molecular flexibility index (Phi) is 4.28. The number of hydrogen-bond donors (Lipinski definition) is 0. The number of para-hydroxylation sites is 1. The molecule has 0 aliphatic rings. The van der Waals surface area contributed by atoms with Gasteiger partial charge in [-0.05, 0) is 23.5 Å². The molecule has 1 aromatic carbocycles. The molecule has 0 unspecified atom stereocenters. The number of fused-ring (bicyclic) bond motifs is 1. The fourth-order valence-electron chi connectivity index (χ4n) is 2.20. The number of methoxy groups -OCH3 is 1. The van der Waals surface area contributed by atoms with Crippen LogP contribution < -0.4 is 4.74 Å². The largest absolute Gasteiger partial charge is 0.494 e. The van der Waals surface area contributed by atoms with Gasteiger partial charge in [0.15, 0.2) is 0 Å². The van der Waals surface area contributed by atoms with Crippen molar-refractivity contribution in [2.75, 3.05) is 7.11 Å². The molecule has 0 atom stereocenters. The van der Waals surface area contributed by atoms with Crippen LogP contribution in [0.5, 0.6) is 5.75 Å². The van der Waals surface area contributed by atoms with Crippen molar-refractivity contribution in [3.63, 3.8) is 0 Å². The van der Waals surface area contributed by atoms with E-state index in [-0.39, 0.29) is 5.41 Å². The highest BCUT2D eigenvalue weighted by Gasteiger charge is 2.25. The van der Waals surface area contributed by atoms with Crippen molar-refractivity contribution in [2.45, 2.75) is 40.1 Å². The average molecular weight is 295 g/mol. The third kappa shape index (κ3) is 2.64. The molecule has 4 heteroatoms. The number of benzene rings is 1. The smallest absolute Gasteiger partial charge is 0.146 e. The Morgan fingerprint density at radius 1 is 1.35 bits per heavy atom. The second kappa shape index (κ2) is 5.65. The van der Waals surface area contributed by atoms with Gasteiger partial charge in [0, 0.05) is 6.54 Å². The first-order valence-electron chi connectivity index (χ1n) is 6.98. The highest BCUT2D eigenvalue weighted by atomic mass is 35.5. The van der Waals surface area contributed by atoms with Gasteiger partial charge < -0.3 is 9.30 Å². The maximum absolute atomic E-state index is 6.08. The van der Waals surface area contributed by atoms with E-state index in [0.29, 0.717) is 11.8 Å². The second-order valence-corrected chi connectivity index (χ2v) is 6.49. The molecular weight excluding hydrogens is 272 g/mol. The molecule has 0 N–H and O–H groups in total. The molecule has 0 saturated heterocycles. The second-order valence-electron chi connectivity index (χ2n) is 6.22. The zero-order valence-corrected chi connectivity index (χ0v) is 13.7. The number of imidazole rings is 1. The number of nitrogens with zero attached hydrogens (tertiary/aromatic N) is 2. The third-order valence-corrected chi connectivity index (χ3v) is 4.53. The van der Waals surface area contributed by atoms with Crippen LogP contribution in [0.1, 0.15) is 33.5 Å². The van der Waals surface area contributed by atoms with Crippen molar-refractivity contribution in [3.05, 3.63) is 24.0 Å². The van der Waals surface area contributed by atoms with Gasteiger partial charge in [-0.1, -0.05) is 33.8 Å². The molecule has 0 aliphatic heterocycles. The van der Waals surface area contributed by atoms with Crippen LogP contribution in [0.2, 0.25) is 0 Å². The van der Waals surface area contributed by atoms with Crippen molar-refractivity contribution < 1.29 is 4.74 Å². The monoisotopic (exact) mass is 294 g/mol. The van der Waals surface area contributed by atoms with Crippen molar-refractivity contribution in [1.82, 2.24) is 9.55 Å². The Labute approximate surface area is 125 Å². The summed E-state index contributed by atoms with van der Waals surface area (Å²) < 4.78 is 7.63. The highest BCUT2D eigenvalue weighted by Crippen LogP contribution is 2.33. The Balaban J connectivity index is 2.57. The van der Waals surface area contributed by atoms with Gasteiger partial charge in [0.1, 0.15) is 17.1 Å². The van der Waals surface area contributed by atoms with Crippen LogP contribution in [0, 0.1) is 11.3 Å². The molecule has 0 radical (unpaired) electrons. The minimum Gasteiger partial charge on any atom is -0.494 e. The molecule has 110 valence electrons. The topological polar surface area (TPSA) is 27.1 Å². The molecule has 2 rings (SSSR count). The number of alkyl halides is 1. The lowest BCUT2D eigenvalue weighted by Crippen LogP contribution is -2.26. The Hall–Kier alpha value is -1.22. The fourth-order valence-corrected chi connectivity index (χ4v) is 2.41. The normalized spacial score (nSPS) is 12.3. The van der Waals surface area contributed by atoms with Crippen molar-refractivity contribution in [2.24, 2.45) is 11.3 Å². The van der Waals surface area contributed by atoms with Crippen LogP contribution >= 0.6 is 11.6 Å². The van der Waals surface area contributed by atoms with Crippen LogP contribution in [0.25, 0.3) is 11.0 Å². The lowest BCUT2D eigenvalue weighted by Gasteiger charge is -2.30. The Morgan fingerprint density at radius 2 is 2.05 bits per heavy atom. The lowest BCUT2D eigenvalue weighted by molar-refractivity contribution is 0.211. The van der Waals surface area contributed by atoms with E-state index in [9.17, 15) is 0 Å². The lowest BCUT2D eigenvalue weighted by atomic mass is 9.81. The van der Waals surface area contributed by atoms with Gasteiger partial charge in [-0.2, -0.15) is 0 Å². The average Bonchev–Trinajstić information content (AvgIpc) is 2.76. The molecule has 0 saturated carbocycles. The Morgan fingerprint density at radius 3 is 2.60 bits per heavy atom. The van der Waals surface area contributed by atoms with Gasteiger partial charge in [-0.3, -0.25) is 0 Å². The van der Waals surface area contributed by atoms with Crippen molar-refractivity contribution in [1.29, 1.82) is 0 Å². The van der Waals surface area contributed by atoms with Crippen LogP contribution in [-0.4, -0.2) is 16.7 Å². The zero-order chi connectivity index (χ0) is 14.9. The first-order valence-corrected chi connectivity index (χ1v) is 7.52. The van der Waals surface area contributed by atoms with Crippen LogP contribution in [0.15, 0.2) is 18.2 Å². The third-order valence-electron chi connectivity index (χ3n) is 4.29. The van der Waals surface area contributed by atoms with E-state index in [4.69, 9.17) is 16.3 Å². The number of hydrogen-bond acceptors (Lipinski definition) is 2. The maximum atomic E-state index is 6.08. The first kappa shape index (κ1) is 15.2. The summed E-state index contributed by atoms with van der Waals surface area (Å²) in [4.78, 5) is 4.65. The number of halogens is 1. The highest BCUT2D eigenvalue weighted by molar-refractivity contribution is 6.16. The molecule has 0 spiro atoms. The quantitative estimate of drug-likeness (QED) is 0.761.